The number of aromatic nitrogens is 2. The molecule has 1 aromatic carbocycles. The Kier molecular flexibility index (Phi) is 7.76. The summed E-state index contributed by atoms with van der Waals surface area (Å²) < 4.78 is 27.6. The Morgan fingerprint density at radius 3 is 2.31 bits per heavy atom. The molecule has 0 spiro atoms. The van der Waals surface area contributed by atoms with E-state index in [2.05, 4.69) is 15.0 Å². The lowest BCUT2D eigenvalue weighted by atomic mass is 10.2. The van der Waals surface area contributed by atoms with Crippen molar-refractivity contribution in [3.05, 3.63) is 40.9 Å². The van der Waals surface area contributed by atoms with Gasteiger partial charge in [0.2, 0.25) is 10.0 Å². The molecule has 0 aliphatic rings. The first-order valence-electron chi connectivity index (χ1n) is 8.52. The molecule has 0 atom stereocenters. The van der Waals surface area contributed by atoms with Gasteiger partial charge in [0.1, 0.15) is 6.33 Å². The van der Waals surface area contributed by atoms with Crippen LogP contribution in [0.2, 0.25) is 10.3 Å². The van der Waals surface area contributed by atoms with E-state index in [1.807, 2.05) is 24.3 Å². The molecule has 1 aromatic heterocycles. The quantitative estimate of drug-likeness (QED) is 0.569. The molecule has 26 heavy (non-hydrogen) atoms. The molecule has 144 valence electrons. The standard InChI is InChI=1S/C17H24Cl2N4O2S/c1-13(2)26(24,25)22-11-5-3-4-10-20-14-6-8-15(9-7-14)23-12-21-16(18)17(23)19/h6-9,12-13,20,22H,3-5,10-11H2,1-2H3. The largest absolute Gasteiger partial charge is 0.385 e. The van der Waals surface area contributed by atoms with Crippen LogP contribution >= 0.6 is 23.2 Å². The molecule has 0 aliphatic heterocycles. The van der Waals surface area contributed by atoms with E-state index in [4.69, 9.17) is 23.2 Å². The highest BCUT2D eigenvalue weighted by Gasteiger charge is 2.13. The van der Waals surface area contributed by atoms with Crippen molar-refractivity contribution >= 4 is 38.9 Å². The van der Waals surface area contributed by atoms with Crippen LogP contribution in [0.25, 0.3) is 5.69 Å². The second-order valence-corrected chi connectivity index (χ2v) is 9.26. The zero-order chi connectivity index (χ0) is 19.2. The number of halogens is 2. The van der Waals surface area contributed by atoms with Gasteiger partial charge in [0.15, 0.2) is 10.3 Å². The topological polar surface area (TPSA) is 76.0 Å². The average Bonchev–Trinajstić information content (AvgIpc) is 2.93. The highest BCUT2D eigenvalue weighted by molar-refractivity contribution is 7.90. The Balaban J connectivity index is 1.68. The Hall–Kier alpha value is -1.28. The number of anilines is 1. The molecule has 0 amide bonds. The summed E-state index contributed by atoms with van der Waals surface area (Å²) in [5.74, 6) is 0. The molecule has 0 radical (unpaired) electrons. The zero-order valence-electron chi connectivity index (χ0n) is 14.9. The third-order valence-corrected chi connectivity index (χ3v) is 6.50. The molecule has 6 nitrogen and oxygen atoms in total. The number of unbranched alkanes of at least 4 members (excludes halogenated alkanes) is 2. The Bertz CT molecular complexity index is 805. The van der Waals surface area contributed by atoms with Crippen molar-refractivity contribution < 1.29 is 8.42 Å². The first-order valence-corrected chi connectivity index (χ1v) is 10.8. The number of rotatable bonds is 10. The summed E-state index contributed by atoms with van der Waals surface area (Å²) in [7, 11) is -3.15. The fourth-order valence-electron chi connectivity index (χ4n) is 2.27. The summed E-state index contributed by atoms with van der Waals surface area (Å²) in [5, 5.41) is 3.63. The van der Waals surface area contributed by atoms with Crippen LogP contribution in [0, 0.1) is 0 Å². The molecule has 2 N–H and O–H groups in total. The minimum absolute atomic E-state index is 0.282. The van der Waals surface area contributed by atoms with E-state index in [9.17, 15) is 8.42 Å². The number of imidazole rings is 1. The lowest BCUT2D eigenvalue weighted by molar-refractivity contribution is 0.566. The van der Waals surface area contributed by atoms with Gasteiger partial charge in [0, 0.05) is 24.5 Å². The van der Waals surface area contributed by atoms with Crippen LogP contribution in [0.1, 0.15) is 33.1 Å². The molecule has 0 aliphatic carbocycles. The Morgan fingerprint density at radius 1 is 1.08 bits per heavy atom. The van der Waals surface area contributed by atoms with Crippen molar-refractivity contribution in [3.63, 3.8) is 0 Å². The summed E-state index contributed by atoms with van der Waals surface area (Å²) >= 11 is 11.9. The molecule has 0 bridgehead atoms. The molecule has 2 aromatic rings. The van der Waals surface area contributed by atoms with Gasteiger partial charge in [0.25, 0.3) is 0 Å². The van der Waals surface area contributed by atoms with Crippen molar-refractivity contribution in [1.82, 2.24) is 14.3 Å². The molecule has 0 unspecified atom stereocenters. The molecular formula is C17H24Cl2N4O2S. The predicted octanol–water partition coefficient (Wildman–Crippen LogP) is 4.09. The maximum atomic E-state index is 11.6. The normalized spacial score (nSPS) is 11.9. The highest BCUT2D eigenvalue weighted by Crippen LogP contribution is 2.24. The highest BCUT2D eigenvalue weighted by atomic mass is 35.5. The molecule has 0 fully saturated rings. The maximum Gasteiger partial charge on any atom is 0.213 e. The maximum absolute atomic E-state index is 11.6. The molecule has 0 saturated carbocycles. The van der Waals surface area contributed by atoms with Crippen LogP contribution in [0.5, 0.6) is 0 Å². The van der Waals surface area contributed by atoms with Crippen molar-refractivity contribution in [2.24, 2.45) is 0 Å². The minimum atomic E-state index is -3.15. The van der Waals surface area contributed by atoms with Gasteiger partial charge in [-0.1, -0.05) is 29.6 Å². The minimum Gasteiger partial charge on any atom is -0.385 e. The number of hydrogen-bond acceptors (Lipinski definition) is 4. The van der Waals surface area contributed by atoms with Crippen LogP contribution in [-0.2, 0) is 10.0 Å². The van der Waals surface area contributed by atoms with E-state index in [1.165, 1.54) is 0 Å². The van der Waals surface area contributed by atoms with E-state index in [0.717, 1.165) is 37.2 Å². The third kappa shape index (κ3) is 5.87. The third-order valence-electron chi connectivity index (χ3n) is 3.92. The monoisotopic (exact) mass is 418 g/mol. The van der Waals surface area contributed by atoms with E-state index < -0.39 is 10.0 Å². The van der Waals surface area contributed by atoms with Gasteiger partial charge in [-0.2, -0.15) is 0 Å². The molecular weight excluding hydrogens is 395 g/mol. The van der Waals surface area contributed by atoms with Crippen LogP contribution in [0.15, 0.2) is 30.6 Å². The van der Waals surface area contributed by atoms with Crippen molar-refractivity contribution in [1.29, 1.82) is 0 Å². The van der Waals surface area contributed by atoms with Gasteiger partial charge in [-0.05, 0) is 51.0 Å². The van der Waals surface area contributed by atoms with E-state index in [0.29, 0.717) is 11.7 Å². The predicted molar refractivity (Wildman–Crippen MR) is 108 cm³/mol. The summed E-state index contributed by atoms with van der Waals surface area (Å²) in [6, 6.07) is 7.81. The van der Waals surface area contributed by atoms with E-state index >= 15 is 0 Å². The summed E-state index contributed by atoms with van der Waals surface area (Å²) in [6.45, 7) is 4.66. The number of benzene rings is 1. The van der Waals surface area contributed by atoms with E-state index in [1.54, 1.807) is 24.7 Å². The first-order chi connectivity index (χ1) is 12.3. The lowest BCUT2D eigenvalue weighted by Gasteiger charge is -2.10. The SMILES string of the molecule is CC(C)S(=O)(=O)NCCCCCNc1ccc(-n2cnc(Cl)c2Cl)cc1. The van der Waals surface area contributed by atoms with Gasteiger partial charge in [-0.25, -0.2) is 18.1 Å². The molecule has 0 saturated heterocycles. The number of nitrogens with zero attached hydrogens (tertiary/aromatic N) is 2. The Morgan fingerprint density at radius 2 is 1.73 bits per heavy atom. The lowest BCUT2D eigenvalue weighted by Crippen LogP contribution is -2.31. The second-order valence-electron chi connectivity index (χ2n) is 6.22. The first kappa shape index (κ1) is 21.0. The molecule has 2 rings (SSSR count). The average molecular weight is 419 g/mol. The van der Waals surface area contributed by atoms with Crippen LogP contribution in [-0.4, -0.2) is 36.3 Å². The summed E-state index contributed by atoms with van der Waals surface area (Å²) in [4.78, 5) is 3.96. The number of hydrogen-bond donors (Lipinski definition) is 2. The summed E-state index contributed by atoms with van der Waals surface area (Å²) in [6.07, 6.45) is 4.33. The van der Waals surface area contributed by atoms with Crippen LogP contribution in [0.4, 0.5) is 5.69 Å². The van der Waals surface area contributed by atoms with Gasteiger partial charge in [0.05, 0.1) is 5.25 Å². The van der Waals surface area contributed by atoms with Crippen molar-refractivity contribution in [2.75, 3.05) is 18.4 Å². The fourth-order valence-corrected chi connectivity index (χ4v) is 3.36. The fraction of sp³-hybridized carbons (Fsp3) is 0.471. The number of sulfonamides is 1. The zero-order valence-corrected chi connectivity index (χ0v) is 17.2. The van der Waals surface area contributed by atoms with Crippen LogP contribution < -0.4 is 10.0 Å². The molecule has 1 heterocycles. The van der Waals surface area contributed by atoms with Crippen molar-refractivity contribution in [3.8, 4) is 5.69 Å². The smallest absolute Gasteiger partial charge is 0.213 e. The van der Waals surface area contributed by atoms with Crippen molar-refractivity contribution in [2.45, 2.75) is 38.4 Å². The van der Waals surface area contributed by atoms with Gasteiger partial charge < -0.3 is 5.32 Å². The second kappa shape index (κ2) is 9.60. The van der Waals surface area contributed by atoms with E-state index in [-0.39, 0.29) is 10.4 Å². The molecule has 9 heteroatoms. The summed E-state index contributed by atoms with van der Waals surface area (Å²) in [5.41, 5.74) is 1.90. The van der Waals surface area contributed by atoms with Gasteiger partial charge in [-0.15, -0.1) is 0 Å². The van der Waals surface area contributed by atoms with Gasteiger partial charge >= 0.3 is 0 Å². The Labute approximate surface area is 165 Å². The number of nitrogens with one attached hydrogen (secondary N) is 2. The van der Waals surface area contributed by atoms with Gasteiger partial charge in [-0.3, -0.25) is 4.57 Å². The van der Waals surface area contributed by atoms with Crippen LogP contribution in [0.3, 0.4) is 0 Å².